The van der Waals surface area contributed by atoms with E-state index in [0.29, 0.717) is 6.61 Å². The molecule has 0 unspecified atom stereocenters. The van der Waals surface area contributed by atoms with Crippen LogP contribution in [0.5, 0.6) is 0 Å². The van der Waals surface area contributed by atoms with Gasteiger partial charge in [0, 0.05) is 0 Å². The van der Waals surface area contributed by atoms with E-state index in [1.54, 1.807) is 0 Å². The molecule has 4 heteroatoms. The number of nitrogens with one attached hydrogen (secondary N) is 1. The van der Waals surface area contributed by atoms with Gasteiger partial charge in [0.2, 0.25) is 8.03 Å². The Bertz CT molecular complexity index is 559. The Balaban J connectivity index is 1.84. The van der Waals surface area contributed by atoms with Gasteiger partial charge < -0.3 is 4.52 Å². The molecule has 1 N–H and O–H groups in total. The normalized spacial score (nSPS) is 27.1. The highest BCUT2D eigenvalue weighted by atomic mass is 31.1. The number of benzene rings is 2. The van der Waals surface area contributed by atoms with E-state index >= 15 is 0 Å². The van der Waals surface area contributed by atoms with Gasteiger partial charge in [0.25, 0.3) is 0 Å². The molecule has 1 fully saturated rings. The number of hydrogen-bond acceptors (Lipinski definition) is 3. The number of hydrogen-bond donors (Lipinski definition) is 1. The zero-order valence-corrected chi connectivity index (χ0v) is 11.5. The van der Waals surface area contributed by atoms with E-state index < -0.39 is 8.03 Å². The summed E-state index contributed by atoms with van der Waals surface area (Å²) in [6.07, 6.45) is 0. The minimum absolute atomic E-state index is 0.0918. The van der Waals surface area contributed by atoms with Gasteiger partial charge in [0.1, 0.15) is 5.78 Å². The van der Waals surface area contributed by atoms with Crippen molar-refractivity contribution >= 4 is 8.03 Å². The van der Waals surface area contributed by atoms with Gasteiger partial charge in [-0.3, -0.25) is 9.88 Å². The van der Waals surface area contributed by atoms with Crippen LogP contribution < -0.4 is 5.32 Å². The highest BCUT2D eigenvalue weighted by molar-refractivity contribution is 7.39. The third-order valence-electron chi connectivity index (χ3n) is 3.33. The highest BCUT2D eigenvalue weighted by Gasteiger charge is 2.29. The lowest BCUT2D eigenvalue weighted by molar-refractivity contribution is 0.235. The van der Waals surface area contributed by atoms with Crippen molar-refractivity contribution in [3.8, 4) is 0 Å². The summed E-state index contributed by atoms with van der Waals surface area (Å²) in [6.45, 7) is 0.463. The third-order valence-corrected chi connectivity index (χ3v) is 4.75. The average molecular weight is 273 g/mol. The predicted octanol–water partition coefficient (Wildman–Crippen LogP) is 3.52. The fourth-order valence-electron chi connectivity index (χ4n) is 2.32. The molecule has 3 rings (SSSR count). The van der Waals surface area contributed by atoms with Crippen LogP contribution >= 0.6 is 8.03 Å². The lowest BCUT2D eigenvalue weighted by Crippen LogP contribution is -2.32. The summed E-state index contributed by atoms with van der Waals surface area (Å²) in [5.74, 6) is -0.204. The van der Waals surface area contributed by atoms with E-state index in [-0.39, 0.29) is 11.8 Å². The highest BCUT2D eigenvalue weighted by Crippen LogP contribution is 2.45. The molecule has 98 valence electrons. The molecule has 3 nitrogen and oxygen atoms in total. The quantitative estimate of drug-likeness (QED) is 0.851. The molecule has 0 radical (unpaired) electrons. The van der Waals surface area contributed by atoms with Gasteiger partial charge in [-0.25, -0.2) is 0 Å². The van der Waals surface area contributed by atoms with Crippen molar-refractivity contribution in [2.45, 2.75) is 11.8 Å². The largest absolute Gasteiger partial charge is 0.327 e. The van der Waals surface area contributed by atoms with Crippen molar-refractivity contribution in [2.24, 2.45) is 0 Å². The molecule has 0 aliphatic carbocycles. The second-order valence-electron chi connectivity index (χ2n) is 4.60. The Hall–Kier alpha value is -1.41. The summed E-state index contributed by atoms with van der Waals surface area (Å²) in [5, 5.41) is 3.44. The second kappa shape index (κ2) is 5.70. The smallest absolute Gasteiger partial charge is 0.212 e. The average Bonchev–Trinajstić information content (AvgIpc) is 2.49. The predicted molar refractivity (Wildman–Crippen MR) is 76.5 cm³/mol. The van der Waals surface area contributed by atoms with E-state index in [0.717, 1.165) is 11.1 Å². The molecule has 1 heterocycles. The van der Waals surface area contributed by atoms with Gasteiger partial charge in [0.15, 0.2) is 0 Å². The molecular weight excluding hydrogens is 257 g/mol. The van der Waals surface area contributed by atoms with Crippen molar-refractivity contribution in [3.05, 3.63) is 71.8 Å². The summed E-state index contributed by atoms with van der Waals surface area (Å²) in [5.41, 5.74) is 2.19. The van der Waals surface area contributed by atoms with E-state index in [2.05, 4.69) is 17.4 Å². The molecule has 1 saturated heterocycles. The van der Waals surface area contributed by atoms with E-state index in [4.69, 9.17) is 4.52 Å². The molecule has 0 amide bonds. The molecule has 2 aromatic rings. The summed E-state index contributed by atoms with van der Waals surface area (Å²) in [7, 11) is -2.08. The van der Waals surface area contributed by atoms with Gasteiger partial charge in [-0.05, 0) is 11.1 Å². The zero-order chi connectivity index (χ0) is 13.1. The Morgan fingerprint density at radius 2 is 1.53 bits per heavy atom. The first-order valence-corrected chi connectivity index (χ1v) is 7.76. The van der Waals surface area contributed by atoms with Crippen LogP contribution in [-0.4, -0.2) is 6.61 Å². The van der Waals surface area contributed by atoms with Crippen LogP contribution in [0.15, 0.2) is 60.7 Å². The van der Waals surface area contributed by atoms with Crippen molar-refractivity contribution in [1.29, 1.82) is 0 Å². The van der Waals surface area contributed by atoms with E-state index in [1.165, 1.54) is 0 Å². The molecule has 0 saturated carbocycles. The first-order chi connectivity index (χ1) is 9.34. The van der Waals surface area contributed by atoms with Gasteiger partial charge >= 0.3 is 0 Å². The molecule has 1 aliphatic rings. The lowest BCUT2D eigenvalue weighted by atomic mass is 10.1. The Morgan fingerprint density at radius 1 is 0.947 bits per heavy atom. The van der Waals surface area contributed by atoms with Gasteiger partial charge in [-0.2, -0.15) is 0 Å². The van der Waals surface area contributed by atoms with E-state index in [1.807, 2.05) is 48.5 Å². The van der Waals surface area contributed by atoms with Crippen LogP contribution in [0.3, 0.4) is 0 Å². The molecule has 1 aliphatic heterocycles. The topological polar surface area (TPSA) is 38.3 Å². The first-order valence-electron chi connectivity index (χ1n) is 6.37. The monoisotopic (exact) mass is 273 g/mol. The lowest BCUT2D eigenvalue weighted by Gasteiger charge is -2.31. The third kappa shape index (κ3) is 2.79. The molecular formula is C15H16NO2P. The maximum Gasteiger partial charge on any atom is 0.212 e. The van der Waals surface area contributed by atoms with Crippen molar-refractivity contribution in [3.63, 3.8) is 0 Å². The first kappa shape index (κ1) is 12.6. The van der Waals surface area contributed by atoms with Crippen molar-refractivity contribution < 1.29 is 9.09 Å². The second-order valence-corrected chi connectivity index (χ2v) is 6.11. The summed E-state index contributed by atoms with van der Waals surface area (Å²) in [6, 6.07) is 20.1. The molecule has 19 heavy (non-hydrogen) atoms. The van der Waals surface area contributed by atoms with Gasteiger partial charge in [-0.15, -0.1) is 0 Å². The van der Waals surface area contributed by atoms with Crippen LogP contribution in [0.1, 0.15) is 23.0 Å². The minimum atomic E-state index is -2.08. The maximum absolute atomic E-state index is 12.1. The van der Waals surface area contributed by atoms with Crippen LogP contribution in [-0.2, 0) is 9.09 Å². The summed E-state index contributed by atoms with van der Waals surface area (Å²) >= 11 is 0. The SMILES string of the molecule is O=[P@H]1OC[C@@H](c2ccccc2)N[C@H]1c1ccccc1. The fourth-order valence-corrected chi connectivity index (χ4v) is 3.62. The Kier molecular flexibility index (Phi) is 3.79. The van der Waals surface area contributed by atoms with Crippen molar-refractivity contribution in [2.75, 3.05) is 6.61 Å². The van der Waals surface area contributed by atoms with Crippen LogP contribution in [0.2, 0.25) is 0 Å². The van der Waals surface area contributed by atoms with Gasteiger partial charge in [0.05, 0.1) is 12.6 Å². The minimum Gasteiger partial charge on any atom is -0.327 e. The molecule has 2 aromatic carbocycles. The summed E-state index contributed by atoms with van der Waals surface area (Å²) in [4.78, 5) is 0. The zero-order valence-electron chi connectivity index (χ0n) is 10.5. The van der Waals surface area contributed by atoms with Gasteiger partial charge in [-0.1, -0.05) is 60.7 Å². The van der Waals surface area contributed by atoms with Crippen LogP contribution in [0, 0.1) is 0 Å². The molecule has 0 aromatic heterocycles. The molecule has 0 bridgehead atoms. The number of rotatable bonds is 2. The summed E-state index contributed by atoms with van der Waals surface area (Å²) < 4.78 is 17.6. The molecule has 3 atom stereocenters. The van der Waals surface area contributed by atoms with Crippen LogP contribution in [0.4, 0.5) is 0 Å². The van der Waals surface area contributed by atoms with Crippen LogP contribution in [0.25, 0.3) is 0 Å². The van der Waals surface area contributed by atoms with Crippen molar-refractivity contribution in [1.82, 2.24) is 5.32 Å². The standard InChI is InChI=1S/C15H16NO2P/c17-19-15(13-9-5-2-6-10-13)16-14(11-18-19)12-7-3-1-4-8-12/h1-10,14-16,19H,11H2/t14-,15+/m0/s1. The van der Waals surface area contributed by atoms with E-state index in [9.17, 15) is 4.57 Å². The fraction of sp³-hybridized carbons (Fsp3) is 0.200. The molecule has 0 spiro atoms. The Morgan fingerprint density at radius 3 is 2.16 bits per heavy atom. The Labute approximate surface area is 113 Å². The maximum atomic E-state index is 12.1.